The van der Waals surface area contributed by atoms with Gasteiger partial charge in [0, 0.05) is 12.1 Å². The molecular formula is C12H18N2O3S. The summed E-state index contributed by atoms with van der Waals surface area (Å²) in [5.74, 6) is -0.499. The van der Waals surface area contributed by atoms with Gasteiger partial charge in [0.05, 0.1) is 5.75 Å². The molecule has 6 heteroatoms. The number of hydrogen-bond donors (Lipinski definition) is 2. The Hall–Kier alpha value is -1.56. The van der Waals surface area contributed by atoms with Crippen molar-refractivity contribution in [3.05, 3.63) is 29.8 Å². The molecule has 0 aliphatic carbocycles. The van der Waals surface area contributed by atoms with Gasteiger partial charge in [0.25, 0.3) is 0 Å². The highest BCUT2D eigenvalue weighted by Crippen LogP contribution is 2.07. The average Bonchev–Trinajstić information content (AvgIpc) is 2.27. The molecule has 0 fully saturated rings. The van der Waals surface area contributed by atoms with Crippen LogP contribution in [-0.4, -0.2) is 20.1 Å². The Bertz CT molecular complexity index is 495. The Kier molecular flexibility index (Phi) is 5.15. The van der Waals surface area contributed by atoms with Gasteiger partial charge in [-0.2, -0.15) is 0 Å². The van der Waals surface area contributed by atoms with E-state index in [1.807, 2.05) is 16.9 Å². The molecule has 100 valence electrons. The number of carbonyl (C=O) groups is 1. The zero-order chi connectivity index (χ0) is 13.6. The fraction of sp³-hybridized carbons (Fsp3) is 0.417. The maximum absolute atomic E-state index is 11.5. The van der Waals surface area contributed by atoms with Gasteiger partial charge in [0.15, 0.2) is 0 Å². The zero-order valence-corrected chi connectivity index (χ0v) is 11.2. The highest BCUT2D eigenvalue weighted by molar-refractivity contribution is 7.90. The van der Waals surface area contributed by atoms with Gasteiger partial charge >= 0.3 is 0 Å². The first kappa shape index (κ1) is 14.5. The van der Waals surface area contributed by atoms with Crippen LogP contribution in [0.2, 0.25) is 0 Å². The lowest BCUT2D eigenvalue weighted by molar-refractivity contribution is -0.119. The molecule has 1 amide bonds. The van der Waals surface area contributed by atoms with E-state index in [1.54, 1.807) is 19.1 Å². The fourth-order valence-electron chi connectivity index (χ4n) is 1.49. The third-order valence-corrected chi connectivity index (χ3v) is 3.85. The van der Waals surface area contributed by atoms with Crippen LogP contribution in [-0.2, 0) is 21.2 Å². The summed E-state index contributed by atoms with van der Waals surface area (Å²) in [4.78, 5) is 11.5. The largest absolute Gasteiger partial charge is 0.399 e. The van der Waals surface area contributed by atoms with Gasteiger partial charge in [0.2, 0.25) is 15.9 Å². The molecule has 3 N–H and O–H groups in total. The van der Waals surface area contributed by atoms with E-state index < -0.39 is 15.9 Å². The van der Waals surface area contributed by atoms with E-state index in [2.05, 4.69) is 0 Å². The number of carbonyl (C=O) groups excluding carboxylic acids is 1. The molecule has 18 heavy (non-hydrogen) atoms. The van der Waals surface area contributed by atoms with E-state index in [0.717, 1.165) is 5.56 Å². The SMILES string of the molecule is CCCS(=O)(=O)NC(=O)CCc1ccc(N)cc1. The molecule has 0 spiro atoms. The lowest BCUT2D eigenvalue weighted by Crippen LogP contribution is -2.32. The third kappa shape index (κ3) is 5.18. The first-order valence-electron chi connectivity index (χ1n) is 5.80. The normalized spacial score (nSPS) is 11.2. The Balaban J connectivity index is 2.44. The second-order valence-corrected chi connectivity index (χ2v) is 5.93. The molecular weight excluding hydrogens is 252 g/mol. The number of nitrogens with two attached hydrogens (primary N) is 1. The van der Waals surface area contributed by atoms with Crippen molar-refractivity contribution >= 4 is 21.6 Å². The molecule has 0 aliphatic rings. The standard InChI is InChI=1S/C12H18N2O3S/c1-2-9-18(16,17)14-12(15)8-5-10-3-6-11(13)7-4-10/h3-4,6-7H,2,5,8-9,13H2,1H3,(H,14,15). The van der Waals surface area contributed by atoms with Gasteiger partial charge < -0.3 is 5.73 Å². The first-order valence-corrected chi connectivity index (χ1v) is 7.46. The monoisotopic (exact) mass is 270 g/mol. The summed E-state index contributed by atoms with van der Waals surface area (Å²) in [6.07, 6.45) is 1.13. The van der Waals surface area contributed by atoms with E-state index in [9.17, 15) is 13.2 Å². The van der Waals surface area contributed by atoms with Crippen LogP contribution in [0.4, 0.5) is 5.69 Å². The van der Waals surface area contributed by atoms with Crippen molar-refractivity contribution in [2.45, 2.75) is 26.2 Å². The first-order chi connectivity index (χ1) is 8.43. The summed E-state index contributed by atoms with van der Waals surface area (Å²) in [5.41, 5.74) is 7.15. The molecule has 0 heterocycles. The van der Waals surface area contributed by atoms with Crippen molar-refractivity contribution < 1.29 is 13.2 Å². The van der Waals surface area contributed by atoms with Crippen LogP contribution in [0.3, 0.4) is 0 Å². The number of anilines is 1. The van der Waals surface area contributed by atoms with Gasteiger partial charge in [0.1, 0.15) is 0 Å². The third-order valence-electron chi connectivity index (χ3n) is 2.36. The maximum atomic E-state index is 11.5. The molecule has 0 radical (unpaired) electrons. The smallest absolute Gasteiger partial charge is 0.234 e. The summed E-state index contributed by atoms with van der Waals surface area (Å²) in [5, 5.41) is 0. The number of nitrogen functional groups attached to an aromatic ring is 1. The average molecular weight is 270 g/mol. The summed E-state index contributed by atoms with van der Waals surface area (Å²) in [7, 11) is -3.46. The Morgan fingerprint density at radius 2 is 1.89 bits per heavy atom. The van der Waals surface area contributed by atoms with Crippen LogP contribution in [0.25, 0.3) is 0 Å². The van der Waals surface area contributed by atoms with Crippen molar-refractivity contribution in [3.63, 3.8) is 0 Å². The Morgan fingerprint density at radius 3 is 2.44 bits per heavy atom. The van der Waals surface area contributed by atoms with Crippen LogP contribution in [0.15, 0.2) is 24.3 Å². The van der Waals surface area contributed by atoms with Crippen LogP contribution >= 0.6 is 0 Å². The van der Waals surface area contributed by atoms with Crippen LogP contribution in [0.1, 0.15) is 25.3 Å². The van der Waals surface area contributed by atoms with Crippen molar-refractivity contribution in [1.82, 2.24) is 4.72 Å². The number of hydrogen-bond acceptors (Lipinski definition) is 4. The molecule has 0 saturated carbocycles. The van der Waals surface area contributed by atoms with Crippen molar-refractivity contribution in [2.24, 2.45) is 0 Å². The second kappa shape index (κ2) is 6.39. The van der Waals surface area contributed by atoms with E-state index in [-0.39, 0.29) is 12.2 Å². The lowest BCUT2D eigenvalue weighted by atomic mass is 10.1. The van der Waals surface area contributed by atoms with Gasteiger partial charge in [-0.05, 0) is 30.5 Å². The van der Waals surface area contributed by atoms with Gasteiger partial charge in [-0.1, -0.05) is 19.1 Å². The number of nitrogens with one attached hydrogen (secondary N) is 1. The maximum Gasteiger partial charge on any atom is 0.234 e. The minimum Gasteiger partial charge on any atom is -0.399 e. The fourth-order valence-corrected chi connectivity index (χ4v) is 2.57. The quantitative estimate of drug-likeness (QED) is 0.756. The molecule has 0 saturated heterocycles. The van der Waals surface area contributed by atoms with Crippen molar-refractivity contribution in [3.8, 4) is 0 Å². The minimum atomic E-state index is -3.46. The number of amides is 1. The van der Waals surface area contributed by atoms with Gasteiger partial charge in [-0.25, -0.2) is 8.42 Å². The Morgan fingerprint density at radius 1 is 1.28 bits per heavy atom. The molecule has 0 bridgehead atoms. The van der Waals surface area contributed by atoms with Crippen molar-refractivity contribution in [1.29, 1.82) is 0 Å². The van der Waals surface area contributed by atoms with E-state index in [4.69, 9.17) is 5.73 Å². The second-order valence-electron chi connectivity index (χ2n) is 4.09. The van der Waals surface area contributed by atoms with Crippen LogP contribution < -0.4 is 10.5 Å². The predicted molar refractivity (Wildman–Crippen MR) is 71.4 cm³/mol. The summed E-state index contributed by atoms with van der Waals surface area (Å²) in [6.45, 7) is 1.75. The summed E-state index contributed by atoms with van der Waals surface area (Å²) in [6, 6.07) is 7.15. The molecule has 1 rings (SSSR count). The van der Waals surface area contributed by atoms with Crippen LogP contribution in [0.5, 0.6) is 0 Å². The molecule has 0 unspecified atom stereocenters. The zero-order valence-electron chi connectivity index (χ0n) is 10.3. The van der Waals surface area contributed by atoms with Gasteiger partial charge in [-0.3, -0.25) is 9.52 Å². The van der Waals surface area contributed by atoms with E-state index >= 15 is 0 Å². The van der Waals surface area contributed by atoms with Gasteiger partial charge in [-0.15, -0.1) is 0 Å². The molecule has 1 aromatic rings. The molecule has 1 aromatic carbocycles. The molecule has 0 aromatic heterocycles. The number of benzene rings is 1. The summed E-state index contributed by atoms with van der Waals surface area (Å²) >= 11 is 0. The van der Waals surface area contributed by atoms with E-state index in [1.165, 1.54) is 0 Å². The number of aryl methyl sites for hydroxylation is 1. The summed E-state index contributed by atoms with van der Waals surface area (Å²) < 4.78 is 24.7. The Labute approximate surface area is 107 Å². The number of sulfonamides is 1. The molecule has 0 aliphatic heterocycles. The molecule has 0 atom stereocenters. The number of rotatable bonds is 6. The van der Waals surface area contributed by atoms with Crippen LogP contribution in [0, 0.1) is 0 Å². The highest BCUT2D eigenvalue weighted by atomic mass is 32.2. The topological polar surface area (TPSA) is 89.3 Å². The minimum absolute atomic E-state index is 0.0272. The molecule has 5 nitrogen and oxygen atoms in total. The lowest BCUT2D eigenvalue weighted by Gasteiger charge is -2.05. The van der Waals surface area contributed by atoms with E-state index in [0.29, 0.717) is 18.5 Å². The van der Waals surface area contributed by atoms with Crippen molar-refractivity contribution in [2.75, 3.05) is 11.5 Å². The highest BCUT2D eigenvalue weighted by Gasteiger charge is 2.12. The predicted octanol–water partition coefficient (Wildman–Crippen LogP) is 1.06.